The average molecular weight is 356 g/mol. The number of carbonyl (C=O) groups excluding carboxylic acids is 2. The number of ether oxygens (including phenoxy) is 2. The van der Waals surface area contributed by atoms with Crippen molar-refractivity contribution < 1.29 is 19.1 Å². The van der Waals surface area contributed by atoms with Crippen molar-refractivity contribution in [2.75, 3.05) is 52.6 Å². The van der Waals surface area contributed by atoms with Gasteiger partial charge in [-0.1, -0.05) is 11.8 Å². The number of aromatic nitrogens is 4. The van der Waals surface area contributed by atoms with Crippen LogP contribution in [0.15, 0.2) is 5.16 Å². The minimum Gasteiger partial charge on any atom is -0.378 e. The molecule has 0 bridgehead atoms. The number of thioether (sulfide) groups is 1. The standard InChI is InChI=1S/C13H20N6O4S/c1-17-13(14-15-16-17)24-10(11(20)18-2-6-22-7-3-18)12(21)19-4-8-23-9-5-19/h10H,2-9H2,1H3. The van der Waals surface area contributed by atoms with Gasteiger partial charge in [-0.05, 0) is 10.4 Å². The quantitative estimate of drug-likeness (QED) is 0.469. The average Bonchev–Trinajstić information content (AvgIpc) is 3.05. The second kappa shape index (κ2) is 7.90. The molecule has 10 nitrogen and oxygen atoms in total. The van der Waals surface area contributed by atoms with Crippen LogP contribution in [0, 0.1) is 0 Å². The minimum absolute atomic E-state index is 0.220. The molecule has 1 aromatic rings. The lowest BCUT2D eigenvalue weighted by atomic mass is 10.2. The molecule has 24 heavy (non-hydrogen) atoms. The summed E-state index contributed by atoms with van der Waals surface area (Å²) >= 11 is 1.09. The number of carbonyl (C=O) groups is 2. The molecule has 11 heteroatoms. The molecule has 0 atom stereocenters. The number of aryl methyl sites for hydroxylation is 1. The van der Waals surface area contributed by atoms with E-state index >= 15 is 0 Å². The molecule has 0 unspecified atom stereocenters. The first-order chi connectivity index (χ1) is 11.7. The summed E-state index contributed by atoms with van der Waals surface area (Å²) in [5, 5.41) is 10.7. The lowest BCUT2D eigenvalue weighted by Crippen LogP contribution is -2.52. The molecule has 0 aliphatic carbocycles. The summed E-state index contributed by atoms with van der Waals surface area (Å²) in [5.41, 5.74) is 0. The van der Waals surface area contributed by atoms with Crippen LogP contribution < -0.4 is 0 Å². The normalized spacial score (nSPS) is 18.9. The molecule has 0 radical (unpaired) electrons. The predicted molar refractivity (Wildman–Crippen MR) is 83.2 cm³/mol. The van der Waals surface area contributed by atoms with E-state index in [0.29, 0.717) is 57.8 Å². The summed E-state index contributed by atoms with van der Waals surface area (Å²) in [7, 11) is 1.68. The maximum atomic E-state index is 12.9. The molecule has 0 N–H and O–H groups in total. The number of morpholine rings is 2. The van der Waals surface area contributed by atoms with Gasteiger partial charge in [-0.2, -0.15) is 0 Å². The summed E-state index contributed by atoms with van der Waals surface area (Å²) in [6, 6.07) is 0. The highest BCUT2D eigenvalue weighted by Gasteiger charge is 2.37. The first-order valence-electron chi connectivity index (χ1n) is 7.79. The molecular weight excluding hydrogens is 336 g/mol. The van der Waals surface area contributed by atoms with Crippen LogP contribution in [0.3, 0.4) is 0 Å². The van der Waals surface area contributed by atoms with Crippen LogP contribution in [0.2, 0.25) is 0 Å². The Morgan fingerprint density at radius 3 is 1.92 bits per heavy atom. The summed E-state index contributed by atoms with van der Waals surface area (Å²) < 4.78 is 12.0. The van der Waals surface area contributed by atoms with Gasteiger partial charge >= 0.3 is 0 Å². The topological polar surface area (TPSA) is 103 Å². The Morgan fingerprint density at radius 1 is 1.00 bits per heavy atom. The Labute approximate surface area is 143 Å². The number of hydrogen-bond donors (Lipinski definition) is 0. The van der Waals surface area contributed by atoms with Crippen molar-refractivity contribution in [3.8, 4) is 0 Å². The lowest BCUT2D eigenvalue weighted by molar-refractivity contribution is -0.144. The summed E-state index contributed by atoms with van der Waals surface area (Å²) in [4.78, 5) is 29.2. The van der Waals surface area contributed by atoms with Crippen LogP contribution in [0.1, 0.15) is 0 Å². The molecule has 2 amide bonds. The fourth-order valence-electron chi connectivity index (χ4n) is 2.53. The molecular formula is C13H20N6O4S. The second-order valence-corrected chi connectivity index (χ2v) is 6.53. The van der Waals surface area contributed by atoms with E-state index in [-0.39, 0.29) is 11.8 Å². The van der Waals surface area contributed by atoms with Gasteiger partial charge in [-0.15, -0.1) is 5.10 Å². The zero-order chi connectivity index (χ0) is 16.9. The van der Waals surface area contributed by atoms with Gasteiger partial charge in [-0.3, -0.25) is 9.59 Å². The summed E-state index contributed by atoms with van der Waals surface area (Å²) in [6.07, 6.45) is 0. The molecule has 0 spiro atoms. The summed E-state index contributed by atoms with van der Waals surface area (Å²) in [5.74, 6) is -0.439. The first kappa shape index (κ1) is 17.1. The number of tetrazole rings is 1. The summed E-state index contributed by atoms with van der Waals surface area (Å²) in [6.45, 7) is 3.90. The molecule has 2 aliphatic heterocycles. The number of hydrogen-bond acceptors (Lipinski definition) is 8. The SMILES string of the molecule is Cn1nnnc1SC(C(=O)N1CCOCC1)C(=O)N1CCOCC1. The van der Waals surface area contributed by atoms with E-state index in [2.05, 4.69) is 15.5 Å². The predicted octanol–water partition coefficient (Wildman–Crippen LogP) is -1.61. The largest absolute Gasteiger partial charge is 0.378 e. The van der Waals surface area contributed by atoms with Gasteiger partial charge < -0.3 is 19.3 Å². The van der Waals surface area contributed by atoms with E-state index in [4.69, 9.17) is 9.47 Å². The molecule has 0 aromatic carbocycles. The van der Waals surface area contributed by atoms with Crippen LogP contribution in [0.25, 0.3) is 0 Å². The Bertz CT molecular complexity index is 555. The Hall–Kier alpha value is -1.72. The molecule has 1 aromatic heterocycles. The monoisotopic (exact) mass is 356 g/mol. The third-order valence-electron chi connectivity index (χ3n) is 3.90. The Kier molecular flexibility index (Phi) is 5.63. The van der Waals surface area contributed by atoms with Crippen LogP contribution in [-0.2, 0) is 26.1 Å². The van der Waals surface area contributed by atoms with Gasteiger partial charge in [0.05, 0.1) is 26.4 Å². The smallest absolute Gasteiger partial charge is 0.245 e. The highest BCUT2D eigenvalue weighted by atomic mass is 32.2. The van der Waals surface area contributed by atoms with Gasteiger partial charge in [0, 0.05) is 33.2 Å². The molecule has 132 valence electrons. The van der Waals surface area contributed by atoms with Crippen LogP contribution in [-0.4, -0.2) is 99.7 Å². The van der Waals surface area contributed by atoms with Gasteiger partial charge in [0.1, 0.15) is 0 Å². The van der Waals surface area contributed by atoms with Crippen molar-refractivity contribution in [2.24, 2.45) is 7.05 Å². The number of nitrogens with zero attached hydrogens (tertiary/aromatic N) is 6. The Morgan fingerprint density at radius 2 is 1.50 bits per heavy atom. The van der Waals surface area contributed by atoms with Gasteiger partial charge in [0.25, 0.3) is 0 Å². The van der Waals surface area contributed by atoms with Gasteiger partial charge in [-0.25, -0.2) is 4.68 Å². The van der Waals surface area contributed by atoms with Gasteiger partial charge in [0.2, 0.25) is 17.0 Å². The first-order valence-corrected chi connectivity index (χ1v) is 8.67. The maximum absolute atomic E-state index is 12.9. The maximum Gasteiger partial charge on any atom is 0.245 e. The second-order valence-electron chi connectivity index (χ2n) is 5.46. The third kappa shape index (κ3) is 3.84. The van der Waals surface area contributed by atoms with Crippen LogP contribution in [0.4, 0.5) is 0 Å². The van der Waals surface area contributed by atoms with Crippen LogP contribution in [0.5, 0.6) is 0 Å². The zero-order valence-electron chi connectivity index (χ0n) is 13.5. The number of amides is 2. The third-order valence-corrected chi connectivity index (χ3v) is 5.09. The van der Waals surface area contributed by atoms with E-state index in [9.17, 15) is 9.59 Å². The fraction of sp³-hybridized carbons (Fsp3) is 0.769. The molecule has 3 rings (SSSR count). The van der Waals surface area contributed by atoms with Gasteiger partial charge in [0.15, 0.2) is 5.25 Å². The van der Waals surface area contributed by atoms with Crippen molar-refractivity contribution >= 4 is 23.6 Å². The van der Waals surface area contributed by atoms with E-state index in [1.807, 2.05) is 0 Å². The van der Waals surface area contributed by atoms with Crippen molar-refractivity contribution in [2.45, 2.75) is 10.4 Å². The Balaban J connectivity index is 1.77. The molecule has 3 heterocycles. The van der Waals surface area contributed by atoms with Crippen LogP contribution >= 0.6 is 11.8 Å². The van der Waals surface area contributed by atoms with E-state index < -0.39 is 5.25 Å². The van der Waals surface area contributed by atoms with Crippen molar-refractivity contribution in [3.05, 3.63) is 0 Å². The highest BCUT2D eigenvalue weighted by molar-refractivity contribution is 8.01. The van der Waals surface area contributed by atoms with Crippen molar-refractivity contribution in [3.63, 3.8) is 0 Å². The lowest BCUT2D eigenvalue weighted by Gasteiger charge is -2.33. The molecule has 2 fully saturated rings. The zero-order valence-corrected chi connectivity index (χ0v) is 14.3. The van der Waals surface area contributed by atoms with Crippen molar-refractivity contribution in [1.29, 1.82) is 0 Å². The van der Waals surface area contributed by atoms with E-state index in [1.165, 1.54) is 4.68 Å². The molecule has 2 saturated heterocycles. The number of rotatable bonds is 4. The van der Waals surface area contributed by atoms with Crippen molar-refractivity contribution in [1.82, 2.24) is 30.0 Å². The minimum atomic E-state index is -0.897. The van der Waals surface area contributed by atoms with E-state index in [0.717, 1.165) is 11.8 Å². The van der Waals surface area contributed by atoms with E-state index in [1.54, 1.807) is 16.8 Å². The molecule has 2 aliphatic rings. The molecule has 0 saturated carbocycles. The highest BCUT2D eigenvalue weighted by Crippen LogP contribution is 2.24. The fourth-order valence-corrected chi connectivity index (χ4v) is 3.52.